The van der Waals surface area contributed by atoms with E-state index >= 15 is 0 Å². The van der Waals surface area contributed by atoms with E-state index in [2.05, 4.69) is 19.2 Å². The van der Waals surface area contributed by atoms with E-state index in [0.717, 1.165) is 0 Å². The van der Waals surface area contributed by atoms with Gasteiger partial charge in [0.05, 0.1) is 0 Å². The first kappa shape index (κ1) is 11.3. The van der Waals surface area contributed by atoms with Crippen LogP contribution >= 0.6 is 11.6 Å². The predicted molar refractivity (Wildman–Crippen MR) is 59.4 cm³/mol. The Morgan fingerprint density at radius 2 is 2.08 bits per heavy atom. The van der Waals surface area contributed by atoms with Crippen LogP contribution in [0.5, 0.6) is 0 Å². The molecular weight excluding hydrogens is 182 g/mol. The monoisotopic (exact) mass is 203 g/mol. The van der Waals surface area contributed by atoms with Gasteiger partial charge in [-0.3, -0.25) is 0 Å². The fourth-order valence-electron chi connectivity index (χ4n) is 2.16. The predicted octanol–water partition coefficient (Wildman–Crippen LogP) is 3.31. The van der Waals surface area contributed by atoms with Crippen molar-refractivity contribution >= 4 is 11.6 Å². The molecule has 1 saturated carbocycles. The average Bonchev–Trinajstić information content (AvgIpc) is 2.09. The van der Waals surface area contributed by atoms with Crippen LogP contribution in [0.3, 0.4) is 0 Å². The zero-order valence-corrected chi connectivity index (χ0v) is 9.61. The Balaban J connectivity index is 2.25. The maximum absolute atomic E-state index is 6.26. The van der Waals surface area contributed by atoms with Gasteiger partial charge in [-0.2, -0.15) is 0 Å². The van der Waals surface area contributed by atoms with Crippen LogP contribution in [0.25, 0.3) is 0 Å². The Labute approximate surface area is 87.2 Å². The third kappa shape index (κ3) is 3.86. The summed E-state index contributed by atoms with van der Waals surface area (Å²) in [7, 11) is 0. The van der Waals surface area contributed by atoms with E-state index in [1.165, 1.54) is 38.5 Å². The van der Waals surface area contributed by atoms with Crippen molar-refractivity contribution in [3.63, 3.8) is 0 Å². The topological polar surface area (TPSA) is 12.0 Å². The van der Waals surface area contributed by atoms with Crippen molar-refractivity contribution in [2.45, 2.75) is 69.8 Å². The van der Waals surface area contributed by atoms with Gasteiger partial charge in [0.1, 0.15) is 0 Å². The Bertz CT molecular complexity index is 138. The standard InChI is InChI=1S/C11H22ClN/c1-3-6-9(2)13-11-8-5-4-7-10(11)12/h9-11,13H,3-8H2,1-2H3. The number of hydrogen-bond donors (Lipinski definition) is 1. The van der Waals surface area contributed by atoms with Crippen LogP contribution in [0.4, 0.5) is 0 Å². The summed E-state index contributed by atoms with van der Waals surface area (Å²) in [6.07, 6.45) is 7.64. The molecule has 0 amide bonds. The maximum atomic E-state index is 6.26. The molecule has 0 heterocycles. The lowest BCUT2D eigenvalue weighted by Crippen LogP contribution is -2.43. The number of alkyl halides is 1. The van der Waals surface area contributed by atoms with E-state index in [9.17, 15) is 0 Å². The van der Waals surface area contributed by atoms with Gasteiger partial charge in [0.15, 0.2) is 0 Å². The fraction of sp³-hybridized carbons (Fsp3) is 1.00. The van der Waals surface area contributed by atoms with Crippen molar-refractivity contribution in [1.82, 2.24) is 5.32 Å². The van der Waals surface area contributed by atoms with Crippen molar-refractivity contribution in [3.8, 4) is 0 Å². The van der Waals surface area contributed by atoms with E-state index in [0.29, 0.717) is 17.5 Å². The van der Waals surface area contributed by atoms with Crippen LogP contribution in [0.15, 0.2) is 0 Å². The Kier molecular flexibility index (Phi) is 5.12. The van der Waals surface area contributed by atoms with Gasteiger partial charge in [-0.25, -0.2) is 0 Å². The zero-order valence-electron chi connectivity index (χ0n) is 8.85. The lowest BCUT2D eigenvalue weighted by Gasteiger charge is -2.30. The molecule has 1 aliphatic carbocycles. The highest BCUT2D eigenvalue weighted by Gasteiger charge is 2.23. The number of nitrogens with one attached hydrogen (secondary N) is 1. The van der Waals surface area contributed by atoms with E-state index in [4.69, 9.17) is 11.6 Å². The smallest absolute Gasteiger partial charge is 0.0489 e. The fourth-order valence-corrected chi connectivity index (χ4v) is 2.51. The van der Waals surface area contributed by atoms with E-state index in [1.54, 1.807) is 0 Å². The van der Waals surface area contributed by atoms with Gasteiger partial charge in [-0.15, -0.1) is 11.6 Å². The molecule has 3 atom stereocenters. The summed E-state index contributed by atoms with van der Waals surface area (Å²) in [6, 6.07) is 1.20. The van der Waals surface area contributed by atoms with Gasteiger partial charge in [-0.1, -0.05) is 26.2 Å². The molecule has 0 aromatic heterocycles. The summed E-state index contributed by atoms with van der Waals surface area (Å²) in [6.45, 7) is 4.50. The molecule has 1 nitrogen and oxygen atoms in total. The first-order valence-electron chi connectivity index (χ1n) is 5.64. The van der Waals surface area contributed by atoms with Crippen molar-refractivity contribution in [3.05, 3.63) is 0 Å². The van der Waals surface area contributed by atoms with Gasteiger partial charge >= 0.3 is 0 Å². The van der Waals surface area contributed by atoms with Gasteiger partial charge in [0.25, 0.3) is 0 Å². The molecule has 1 fully saturated rings. The van der Waals surface area contributed by atoms with Crippen molar-refractivity contribution in [2.75, 3.05) is 0 Å². The summed E-state index contributed by atoms with van der Waals surface area (Å²) >= 11 is 6.26. The van der Waals surface area contributed by atoms with Crippen LogP contribution in [0, 0.1) is 0 Å². The molecule has 0 aliphatic heterocycles. The molecule has 78 valence electrons. The van der Waals surface area contributed by atoms with Gasteiger partial charge in [0, 0.05) is 17.5 Å². The summed E-state index contributed by atoms with van der Waals surface area (Å²) in [5, 5.41) is 4.01. The minimum Gasteiger partial charge on any atom is -0.310 e. The molecule has 3 unspecified atom stereocenters. The molecule has 1 N–H and O–H groups in total. The van der Waals surface area contributed by atoms with Crippen molar-refractivity contribution in [2.24, 2.45) is 0 Å². The van der Waals surface area contributed by atoms with Crippen LogP contribution in [-0.2, 0) is 0 Å². The molecule has 0 saturated heterocycles. The van der Waals surface area contributed by atoms with Crippen molar-refractivity contribution in [1.29, 1.82) is 0 Å². The Morgan fingerprint density at radius 1 is 1.38 bits per heavy atom. The van der Waals surface area contributed by atoms with Gasteiger partial charge in [-0.05, 0) is 26.2 Å². The van der Waals surface area contributed by atoms with E-state index in [1.807, 2.05) is 0 Å². The van der Waals surface area contributed by atoms with Crippen LogP contribution in [0.2, 0.25) is 0 Å². The minimum absolute atomic E-state index is 0.369. The first-order valence-corrected chi connectivity index (χ1v) is 6.07. The second kappa shape index (κ2) is 5.87. The Hall–Kier alpha value is 0.250. The number of rotatable bonds is 4. The van der Waals surface area contributed by atoms with Crippen LogP contribution in [-0.4, -0.2) is 17.5 Å². The van der Waals surface area contributed by atoms with Crippen LogP contribution in [0.1, 0.15) is 52.4 Å². The third-order valence-corrected chi connectivity index (χ3v) is 3.42. The molecule has 0 radical (unpaired) electrons. The van der Waals surface area contributed by atoms with Gasteiger partial charge < -0.3 is 5.32 Å². The molecule has 0 bridgehead atoms. The molecule has 13 heavy (non-hydrogen) atoms. The molecule has 0 spiro atoms. The summed E-state index contributed by atoms with van der Waals surface area (Å²) in [4.78, 5) is 0. The molecule has 0 aromatic carbocycles. The summed E-state index contributed by atoms with van der Waals surface area (Å²) < 4.78 is 0. The zero-order chi connectivity index (χ0) is 9.68. The highest BCUT2D eigenvalue weighted by Crippen LogP contribution is 2.23. The van der Waals surface area contributed by atoms with Gasteiger partial charge in [0.2, 0.25) is 0 Å². The molecule has 1 rings (SSSR count). The van der Waals surface area contributed by atoms with E-state index < -0.39 is 0 Å². The molecular formula is C11H22ClN. The highest BCUT2D eigenvalue weighted by atomic mass is 35.5. The first-order chi connectivity index (χ1) is 6.24. The normalized spacial score (nSPS) is 31.6. The summed E-state index contributed by atoms with van der Waals surface area (Å²) in [5.74, 6) is 0. The van der Waals surface area contributed by atoms with Crippen LogP contribution < -0.4 is 5.32 Å². The second-order valence-corrected chi connectivity index (χ2v) is 4.82. The third-order valence-electron chi connectivity index (χ3n) is 2.90. The molecule has 0 aromatic rings. The number of hydrogen-bond acceptors (Lipinski definition) is 1. The average molecular weight is 204 g/mol. The summed E-state index contributed by atoms with van der Waals surface area (Å²) in [5.41, 5.74) is 0. The lowest BCUT2D eigenvalue weighted by molar-refractivity contribution is 0.341. The molecule has 2 heteroatoms. The van der Waals surface area contributed by atoms with E-state index in [-0.39, 0.29) is 0 Å². The minimum atomic E-state index is 0.369. The largest absolute Gasteiger partial charge is 0.310 e. The molecule has 1 aliphatic rings. The number of halogens is 1. The van der Waals surface area contributed by atoms with Crippen molar-refractivity contribution < 1.29 is 0 Å². The highest BCUT2D eigenvalue weighted by molar-refractivity contribution is 6.21. The maximum Gasteiger partial charge on any atom is 0.0489 e. The quantitative estimate of drug-likeness (QED) is 0.692. The lowest BCUT2D eigenvalue weighted by atomic mass is 9.94. The Morgan fingerprint density at radius 3 is 2.69 bits per heavy atom. The second-order valence-electron chi connectivity index (χ2n) is 4.26. The SMILES string of the molecule is CCCC(C)NC1CCCCC1Cl.